The molecule has 0 saturated carbocycles. The van der Waals surface area contributed by atoms with E-state index in [1.807, 2.05) is 6.92 Å². The lowest BCUT2D eigenvalue weighted by Gasteiger charge is -2.12. The second-order valence-electron chi connectivity index (χ2n) is 4.04. The Labute approximate surface area is 116 Å². The van der Waals surface area contributed by atoms with Crippen LogP contribution >= 0.6 is 11.6 Å². The van der Waals surface area contributed by atoms with Crippen molar-refractivity contribution in [3.05, 3.63) is 40.2 Å². The third-order valence-electron chi connectivity index (χ3n) is 2.56. The molecule has 2 N–H and O–H groups in total. The highest BCUT2D eigenvalue weighted by Gasteiger charge is 2.13. The quantitative estimate of drug-likeness (QED) is 0.913. The summed E-state index contributed by atoms with van der Waals surface area (Å²) in [5.41, 5.74) is 7.26. The first-order valence-corrected chi connectivity index (χ1v) is 6.13. The van der Waals surface area contributed by atoms with Gasteiger partial charge in [-0.05, 0) is 24.6 Å². The standard InChI is InChI=1S/C13H15ClN2O3/c1-8-3-10(19-16-8)7-18-13-11(14)4-9(6-15)5-12(13)17-2/h3-5H,6-7,15H2,1-2H3. The van der Waals surface area contributed by atoms with Gasteiger partial charge in [-0.1, -0.05) is 16.8 Å². The molecule has 19 heavy (non-hydrogen) atoms. The maximum atomic E-state index is 6.16. The molecule has 2 aromatic rings. The van der Waals surface area contributed by atoms with Crippen molar-refractivity contribution < 1.29 is 14.0 Å². The van der Waals surface area contributed by atoms with Crippen molar-refractivity contribution in [2.24, 2.45) is 5.73 Å². The van der Waals surface area contributed by atoms with E-state index in [1.165, 1.54) is 0 Å². The predicted molar refractivity (Wildman–Crippen MR) is 71.5 cm³/mol. The number of aryl methyl sites for hydroxylation is 1. The van der Waals surface area contributed by atoms with Gasteiger partial charge in [-0.2, -0.15) is 0 Å². The highest BCUT2D eigenvalue weighted by Crippen LogP contribution is 2.36. The number of rotatable bonds is 5. The van der Waals surface area contributed by atoms with Crippen molar-refractivity contribution in [3.8, 4) is 11.5 Å². The number of methoxy groups -OCH3 is 1. The van der Waals surface area contributed by atoms with Crippen LogP contribution in [0.3, 0.4) is 0 Å². The Bertz CT molecular complexity index is 569. The number of aromatic nitrogens is 1. The van der Waals surface area contributed by atoms with Crippen LogP contribution in [0.1, 0.15) is 17.0 Å². The second kappa shape index (κ2) is 5.95. The third-order valence-corrected chi connectivity index (χ3v) is 2.84. The molecule has 6 heteroatoms. The molecule has 0 radical (unpaired) electrons. The van der Waals surface area contributed by atoms with Crippen molar-refractivity contribution in [3.63, 3.8) is 0 Å². The average molecular weight is 283 g/mol. The summed E-state index contributed by atoms with van der Waals surface area (Å²) in [6, 6.07) is 5.35. The molecule has 0 aliphatic heterocycles. The summed E-state index contributed by atoms with van der Waals surface area (Å²) in [7, 11) is 1.55. The Morgan fingerprint density at radius 3 is 2.74 bits per heavy atom. The molecule has 0 aliphatic carbocycles. The SMILES string of the molecule is COc1cc(CN)cc(Cl)c1OCc1cc(C)no1. The van der Waals surface area contributed by atoms with Gasteiger partial charge in [-0.3, -0.25) is 0 Å². The summed E-state index contributed by atoms with van der Waals surface area (Å²) in [5, 5.41) is 4.24. The molecule has 1 aromatic carbocycles. The molecule has 0 spiro atoms. The summed E-state index contributed by atoms with van der Waals surface area (Å²) >= 11 is 6.16. The molecule has 0 atom stereocenters. The molecule has 2 rings (SSSR count). The van der Waals surface area contributed by atoms with Crippen LogP contribution in [0.4, 0.5) is 0 Å². The van der Waals surface area contributed by atoms with Crippen LogP contribution in [0.15, 0.2) is 22.7 Å². The van der Waals surface area contributed by atoms with Gasteiger partial charge in [0.25, 0.3) is 0 Å². The van der Waals surface area contributed by atoms with E-state index >= 15 is 0 Å². The fourth-order valence-electron chi connectivity index (χ4n) is 1.66. The number of ether oxygens (including phenoxy) is 2. The number of nitrogens with two attached hydrogens (primary N) is 1. The van der Waals surface area contributed by atoms with Crippen molar-refractivity contribution in [1.29, 1.82) is 0 Å². The number of hydrogen-bond donors (Lipinski definition) is 1. The first-order valence-electron chi connectivity index (χ1n) is 5.75. The van der Waals surface area contributed by atoms with E-state index in [4.69, 9.17) is 31.3 Å². The van der Waals surface area contributed by atoms with E-state index in [0.29, 0.717) is 28.8 Å². The van der Waals surface area contributed by atoms with Gasteiger partial charge in [0.2, 0.25) is 0 Å². The van der Waals surface area contributed by atoms with Gasteiger partial charge in [-0.25, -0.2) is 0 Å². The largest absolute Gasteiger partial charge is 0.493 e. The van der Waals surface area contributed by atoms with Gasteiger partial charge in [0, 0.05) is 12.6 Å². The van der Waals surface area contributed by atoms with Crippen molar-refractivity contribution in [2.45, 2.75) is 20.1 Å². The van der Waals surface area contributed by atoms with Crippen molar-refractivity contribution in [1.82, 2.24) is 5.16 Å². The normalized spacial score (nSPS) is 10.5. The number of hydrogen-bond acceptors (Lipinski definition) is 5. The Morgan fingerprint density at radius 2 is 2.16 bits per heavy atom. The molecular formula is C13H15ClN2O3. The maximum Gasteiger partial charge on any atom is 0.180 e. The minimum absolute atomic E-state index is 0.235. The summed E-state index contributed by atoms with van der Waals surface area (Å²) in [6.07, 6.45) is 0. The highest BCUT2D eigenvalue weighted by atomic mass is 35.5. The Hall–Kier alpha value is -1.72. The lowest BCUT2D eigenvalue weighted by molar-refractivity contribution is 0.239. The molecule has 0 unspecified atom stereocenters. The number of benzene rings is 1. The van der Waals surface area contributed by atoms with E-state index in [0.717, 1.165) is 11.3 Å². The van der Waals surface area contributed by atoms with E-state index in [9.17, 15) is 0 Å². The van der Waals surface area contributed by atoms with Gasteiger partial charge in [0.05, 0.1) is 17.8 Å². The van der Waals surface area contributed by atoms with Crippen LogP contribution in [0.2, 0.25) is 5.02 Å². The van der Waals surface area contributed by atoms with Crippen LogP contribution in [-0.2, 0) is 13.2 Å². The van der Waals surface area contributed by atoms with Crippen LogP contribution < -0.4 is 15.2 Å². The van der Waals surface area contributed by atoms with E-state index in [2.05, 4.69) is 5.16 Å². The zero-order chi connectivity index (χ0) is 13.8. The number of nitrogens with zero attached hydrogens (tertiary/aromatic N) is 1. The summed E-state index contributed by atoms with van der Waals surface area (Å²) in [6.45, 7) is 2.47. The molecule has 0 fully saturated rings. The van der Waals surface area contributed by atoms with E-state index in [-0.39, 0.29) is 6.61 Å². The molecular weight excluding hydrogens is 268 g/mol. The molecule has 5 nitrogen and oxygen atoms in total. The van der Waals surface area contributed by atoms with Crippen LogP contribution in [-0.4, -0.2) is 12.3 Å². The van der Waals surface area contributed by atoms with Crippen LogP contribution in [0, 0.1) is 6.92 Å². The first-order chi connectivity index (χ1) is 9.13. The van der Waals surface area contributed by atoms with E-state index < -0.39 is 0 Å². The Morgan fingerprint density at radius 1 is 1.37 bits per heavy atom. The monoisotopic (exact) mass is 282 g/mol. The zero-order valence-electron chi connectivity index (χ0n) is 10.8. The lowest BCUT2D eigenvalue weighted by atomic mass is 10.2. The molecule has 102 valence electrons. The smallest absolute Gasteiger partial charge is 0.180 e. The van der Waals surface area contributed by atoms with Gasteiger partial charge < -0.3 is 19.7 Å². The van der Waals surface area contributed by atoms with Gasteiger partial charge >= 0.3 is 0 Å². The highest BCUT2D eigenvalue weighted by molar-refractivity contribution is 6.32. The van der Waals surface area contributed by atoms with E-state index in [1.54, 1.807) is 25.3 Å². The second-order valence-corrected chi connectivity index (χ2v) is 4.44. The molecule has 0 aliphatic rings. The van der Waals surface area contributed by atoms with Crippen molar-refractivity contribution in [2.75, 3.05) is 7.11 Å². The Kier molecular flexibility index (Phi) is 4.29. The van der Waals surface area contributed by atoms with Crippen molar-refractivity contribution >= 4 is 11.6 Å². The molecule has 1 aromatic heterocycles. The summed E-state index contributed by atoms with van der Waals surface area (Å²) in [4.78, 5) is 0. The minimum atomic E-state index is 0.235. The third kappa shape index (κ3) is 3.19. The molecule has 0 saturated heterocycles. The number of halogens is 1. The summed E-state index contributed by atoms with van der Waals surface area (Å²) < 4.78 is 15.9. The Balaban J connectivity index is 2.19. The molecule has 1 heterocycles. The topological polar surface area (TPSA) is 70.5 Å². The maximum absolute atomic E-state index is 6.16. The molecule has 0 bridgehead atoms. The average Bonchev–Trinajstić information content (AvgIpc) is 2.82. The van der Waals surface area contributed by atoms with Gasteiger partial charge in [-0.15, -0.1) is 0 Å². The zero-order valence-corrected chi connectivity index (χ0v) is 11.5. The fourth-order valence-corrected chi connectivity index (χ4v) is 1.95. The predicted octanol–water partition coefficient (Wildman–Crippen LogP) is 2.68. The minimum Gasteiger partial charge on any atom is -0.493 e. The van der Waals surface area contributed by atoms with Crippen LogP contribution in [0.25, 0.3) is 0 Å². The fraction of sp³-hybridized carbons (Fsp3) is 0.308. The molecule has 0 amide bonds. The van der Waals surface area contributed by atoms with Gasteiger partial charge in [0.1, 0.15) is 6.61 Å². The lowest BCUT2D eigenvalue weighted by Crippen LogP contribution is -2.01. The summed E-state index contributed by atoms with van der Waals surface area (Å²) in [5.74, 6) is 1.64. The first kappa shape index (κ1) is 13.7. The van der Waals surface area contributed by atoms with Gasteiger partial charge in [0.15, 0.2) is 17.3 Å². The van der Waals surface area contributed by atoms with Crippen LogP contribution in [0.5, 0.6) is 11.5 Å².